The number of aliphatic hydroxyl groups is 1. The third kappa shape index (κ3) is 7.77. The fourth-order valence-corrected chi connectivity index (χ4v) is 3.81. The van der Waals surface area contributed by atoms with Gasteiger partial charge >= 0.3 is 5.97 Å². The summed E-state index contributed by atoms with van der Waals surface area (Å²) < 4.78 is 0. The number of nitrogens with one attached hydrogen (secondary N) is 2. The van der Waals surface area contributed by atoms with E-state index in [2.05, 4.69) is 10.6 Å². The Bertz CT molecular complexity index is 618. The van der Waals surface area contributed by atoms with E-state index in [1.54, 1.807) is 0 Å². The number of nitrogens with zero attached hydrogens (tertiary/aromatic N) is 1. The van der Waals surface area contributed by atoms with Gasteiger partial charge in [-0.15, -0.1) is 0 Å². The Morgan fingerprint density at radius 1 is 1.17 bits per heavy atom. The first-order valence-corrected chi connectivity index (χ1v) is 11.5. The Labute approximate surface area is 181 Å². The second-order valence-electron chi connectivity index (χ2n) is 7.85. The minimum atomic E-state index is -1.28. The van der Waals surface area contributed by atoms with Gasteiger partial charge in [0, 0.05) is 6.54 Å². The van der Waals surface area contributed by atoms with Crippen LogP contribution in [-0.2, 0) is 19.2 Å². The lowest BCUT2D eigenvalue weighted by atomic mass is 10.0. The molecule has 11 heteroatoms. The number of nitrogens with two attached hydrogens (primary N) is 1. The van der Waals surface area contributed by atoms with Crippen molar-refractivity contribution in [3.63, 3.8) is 0 Å². The number of aliphatic carboxylic acids is 1. The Balaban J connectivity index is 2.83. The zero-order valence-corrected chi connectivity index (χ0v) is 18.6. The summed E-state index contributed by atoms with van der Waals surface area (Å²) >= 11 is 1.50. The first kappa shape index (κ1) is 26.2. The van der Waals surface area contributed by atoms with Crippen LogP contribution < -0.4 is 16.4 Å². The highest BCUT2D eigenvalue weighted by atomic mass is 32.2. The molecule has 0 bridgehead atoms. The van der Waals surface area contributed by atoms with Crippen LogP contribution >= 0.6 is 11.8 Å². The molecule has 0 aromatic rings. The van der Waals surface area contributed by atoms with Crippen molar-refractivity contribution in [3.05, 3.63) is 0 Å². The Hall–Kier alpha value is -1.85. The third-order valence-corrected chi connectivity index (χ3v) is 5.57. The molecule has 1 aliphatic heterocycles. The largest absolute Gasteiger partial charge is 0.480 e. The van der Waals surface area contributed by atoms with Gasteiger partial charge < -0.3 is 31.5 Å². The van der Waals surface area contributed by atoms with Crippen molar-refractivity contribution in [3.8, 4) is 0 Å². The lowest BCUT2D eigenvalue weighted by molar-refractivity contribution is -0.150. The Morgan fingerprint density at radius 2 is 1.80 bits per heavy atom. The molecule has 4 unspecified atom stereocenters. The van der Waals surface area contributed by atoms with E-state index in [1.165, 1.54) is 11.8 Å². The quantitative estimate of drug-likeness (QED) is 0.259. The number of carboxylic acid groups (broad SMARTS) is 1. The number of rotatable bonds is 12. The standard InChI is InChI=1S/C19H34N4O6S/c1-11(2)9-12(20)16(25)21-13(6-8-30-3)17(26)22-14(10-24)18(27)23-7-4-5-15(23)19(28)29/h11-15,24H,4-10,20H2,1-3H3,(H,21,25)(H,22,26)(H,28,29). The molecule has 1 fully saturated rings. The van der Waals surface area contributed by atoms with Crippen molar-refractivity contribution < 1.29 is 29.4 Å². The minimum absolute atomic E-state index is 0.211. The van der Waals surface area contributed by atoms with Crippen molar-refractivity contribution in [1.82, 2.24) is 15.5 Å². The van der Waals surface area contributed by atoms with Crippen LogP contribution in [-0.4, -0.2) is 88.1 Å². The zero-order valence-electron chi connectivity index (χ0n) is 17.8. The molecule has 0 spiro atoms. The van der Waals surface area contributed by atoms with Crippen LogP contribution in [0.4, 0.5) is 0 Å². The van der Waals surface area contributed by atoms with Gasteiger partial charge in [0.2, 0.25) is 17.7 Å². The van der Waals surface area contributed by atoms with Crippen molar-refractivity contribution in [1.29, 1.82) is 0 Å². The number of carboxylic acids is 1. The maximum absolute atomic E-state index is 12.8. The summed E-state index contributed by atoms with van der Waals surface area (Å²) in [5, 5.41) is 24.0. The summed E-state index contributed by atoms with van der Waals surface area (Å²) in [5.41, 5.74) is 5.89. The third-order valence-electron chi connectivity index (χ3n) is 4.92. The maximum atomic E-state index is 12.8. The first-order valence-electron chi connectivity index (χ1n) is 10.1. The van der Waals surface area contributed by atoms with Crippen LogP contribution in [0.2, 0.25) is 0 Å². The number of carbonyl (C=O) groups excluding carboxylic acids is 3. The van der Waals surface area contributed by atoms with E-state index < -0.39 is 54.5 Å². The molecule has 4 atom stereocenters. The van der Waals surface area contributed by atoms with Crippen LogP contribution in [0.25, 0.3) is 0 Å². The predicted octanol–water partition coefficient (Wildman–Crippen LogP) is -0.850. The van der Waals surface area contributed by atoms with Gasteiger partial charge in [-0.25, -0.2) is 4.79 Å². The van der Waals surface area contributed by atoms with E-state index in [-0.39, 0.29) is 12.5 Å². The molecule has 0 saturated carbocycles. The van der Waals surface area contributed by atoms with Gasteiger partial charge in [0.25, 0.3) is 0 Å². The topological polar surface area (TPSA) is 162 Å². The molecular weight excluding hydrogens is 412 g/mol. The second-order valence-corrected chi connectivity index (χ2v) is 8.84. The van der Waals surface area contributed by atoms with Crippen molar-refractivity contribution in [2.24, 2.45) is 11.7 Å². The van der Waals surface area contributed by atoms with Gasteiger partial charge in [-0.05, 0) is 43.6 Å². The summed E-state index contributed by atoms with van der Waals surface area (Å²) in [5.74, 6) is -2.04. The van der Waals surface area contributed by atoms with E-state index >= 15 is 0 Å². The summed E-state index contributed by atoms with van der Waals surface area (Å²) in [6, 6.07) is -3.93. The lowest BCUT2D eigenvalue weighted by Gasteiger charge is -2.28. The van der Waals surface area contributed by atoms with Gasteiger partial charge in [-0.1, -0.05) is 13.8 Å². The molecule has 0 aliphatic carbocycles. The number of amides is 3. The summed E-state index contributed by atoms with van der Waals surface area (Å²) in [6.07, 6.45) is 3.51. The SMILES string of the molecule is CSCCC(NC(=O)C(N)CC(C)C)C(=O)NC(CO)C(=O)N1CCCC1C(=O)O. The van der Waals surface area contributed by atoms with Crippen molar-refractivity contribution in [2.75, 3.05) is 25.2 Å². The number of hydrogen-bond donors (Lipinski definition) is 5. The molecule has 172 valence electrons. The van der Waals surface area contributed by atoms with E-state index in [1.807, 2.05) is 20.1 Å². The van der Waals surface area contributed by atoms with Crippen LogP contribution in [0.1, 0.15) is 39.5 Å². The average molecular weight is 447 g/mol. The van der Waals surface area contributed by atoms with Crippen LogP contribution in [0, 0.1) is 5.92 Å². The number of likely N-dealkylation sites (tertiary alicyclic amines) is 1. The molecule has 1 rings (SSSR count). The van der Waals surface area contributed by atoms with Crippen molar-refractivity contribution in [2.45, 2.75) is 63.7 Å². The lowest BCUT2D eigenvalue weighted by Crippen LogP contribution is -2.58. The van der Waals surface area contributed by atoms with Crippen molar-refractivity contribution >= 4 is 35.5 Å². The Morgan fingerprint density at radius 3 is 2.33 bits per heavy atom. The van der Waals surface area contributed by atoms with Gasteiger partial charge in [-0.2, -0.15) is 11.8 Å². The molecule has 0 aromatic carbocycles. The van der Waals surface area contributed by atoms with Gasteiger partial charge in [0.15, 0.2) is 0 Å². The average Bonchev–Trinajstić information content (AvgIpc) is 3.17. The molecular formula is C19H34N4O6S. The first-order chi connectivity index (χ1) is 14.1. The fourth-order valence-electron chi connectivity index (χ4n) is 3.34. The van der Waals surface area contributed by atoms with Crippen LogP contribution in [0.15, 0.2) is 0 Å². The highest BCUT2D eigenvalue weighted by Gasteiger charge is 2.38. The fraction of sp³-hybridized carbons (Fsp3) is 0.789. The zero-order chi connectivity index (χ0) is 22.8. The smallest absolute Gasteiger partial charge is 0.326 e. The molecule has 30 heavy (non-hydrogen) atoms. The summed E-state index contributed by atoms with van der Waals surface area (Å²) in [7, 11) is 0. The molecule has 1 aliphatic rings. The molecule has 0 aromatic heterocycles. The Kier molecular flexibility index (Phi) is 11.1. The summed E-state index contributed by atoms with van der Waals surface area (Å²) in [4.78, 5) is 50.3. The maximum Gasteiger partial charge on any atom is 0.326 e. The highest BCUT2D eigenvalue weighted by Crippen LogP contribution is 2.18. The van der Waals surface area contributed by atoms with E-state index in [9.17, 15) is 29.4 Å². The predicted molar refractivity (Wildman–Crippen MR) is 114 cm³/mol. The molecule has 10 nitrogen and oxygen atoms in total. The molecule has 1 heterocycles. The van der Waals surface area contributed by atoms with E-state index in [0.29, 0.717) is 31.4 Å². The molecule has 1 saturated heterocycles. The molecule has 0 radical (unpaired) electrons. The van der Waals surface area contributed by atoms with Gasteiger partial charge in [-0.3, -0.25) is 14.4 Å². The van der Waals surface area contributed by atoms with Gasteiger partial charge in [0.1, 0.15) is 18.1 Å². The second kappa shape index (κ2) is 12.8. The monoisotopic (exact) mass is 446 g/mol. The van der Waals surface area contributed by atoms with Crippen LogP contribution in [0.3, 0.4) is 0 Å². The summed E-state index contributed by atoms with van der Waals surface area (Å²) in [6.45, 7) is 3.44. The van der Waals surface area contributed by atoms with Gasteiger partial charge in [0.05, 0.1) is 12.6 Å². The highest BCUT2D eigenvalue weighted by molar-refractivity contribution is 7.98. The molecule has 6 N–H and O–H groups in total. The normalized spacial score (nSPS) is 19.3. The minimum Gasteiger partial charge on any atom is -0.480 e. The van der Waals surface area contributed by atoms with E-state index in [0.717, 1.165) is 4.90 Å². The van der Waals surface area contributed by atoms with Crippen LogP contribution in [0.5, 0.6) is 0 Å². The number of carbonyl (C=O) groups is 4. The number of thioether (sulfide) groups is 1. The number of hydrogen-bond acceptors (Lipinski definition) is 7. The number of aliphatic hydroxyl groups excluding tert-OH is 1. The van der Waals surface area contributed by atoms with E-state index in [4.69, 9.17) is 5.73 Å². The molecule has 3 amide bonds.